The zero-order valence-electron chi connectivity index (χ0n) is 31.1. The molecule has 0 amide bonds. The van der Waals surface area contributed by atoms with Crippen molar-refractivity contribution in [3.63, 3.8) is 0 Å². The van der Waals surface area contributed by atoms with Gasteiger partial charge in [-0.2, -0.15) is 0 Å². The molecule has 0 saturated heterocycles. The van der Waals surface area contributed by atoms with Gasteiger partial charge in [0.2, 0.25) is 17.7 Å². The van der Waals surface area contributed by atoms with E-state index in [9.17, 15) is 0 Å². The van der Waals surface area contributed by atoms with Gasteiger partial charge in [0.1, 0.15) is 47.2 Å². The number of fused-ring (bicyclic) bond motifs is 3. The Morgan fingerprint density at radius 1 is 0.491 bits per heavy atom. The smallest absolute Gasteiger partial charge is 0.237 e. The predicted octanol–water partition coefficient (Wildman–Crippen LogP) is 11.3. The standard InChI is InChI=1S/C45H40N6O4/c1-29(2)19-31-21-37-38-22-32(20-30(3)4)42(53-34-12-10-14-36(24-34)55-44-16-6-8-18-48-44)26-40(38)51(45-49-27-46-28-50-45)39(37)25-41(31)52-33-11-9-13-35(23-33)54-43-15-5-7-17-47-43/h5-18,21-30H,19-20H2,1-4H3. The van der Waals surface area contributed by atoms with Gasteiger partial charge in [-0.05, 0) is 84.3 Å². The van der Waals surface area contributed by atoms with E-state index in [1.54, 1.807) is 12.4 Å². The Kier molecular flexibility index (Phi) is 10.0. The minimum absolute atomic E-state index is 0.379. The maximum Gasteiger partial charge on any atom is 0.237 e. The molecule has 0 saturated carbocycles. The third-order valence-electron chi connectivity index (χ3n) is 8.85. The van der Waals surface area contributed by atoms with Gasteiger partial charge in [0.15, 0.2) is 0 Å². The second-order valence-electron chi connectivity index (χ2n) is 14.1. The maximum absolute atomic E-state index is 6.71. The summed E-state index contributed by atoms with van der Waals surface area (Å²) in [7, 11) is 0. The van der Waals surface area contributed by atoms with E-state index in [-0.39, 0.29) is 0 Å². The largest absolute Gasteiger partial charge is 0.457 e. The van der Waals surface area contributed by atoms with E-state index < -0.39 is 0 Å². The number of hydrogen-bond donors (Lipinski definition) is 0. The van der Waals surface area contributed by atoms with E-state index in [2.05, 4.69) is 76.9 Å². The van der Waals surface area contributed by atoms with Gasteiger partial charge < -0.3 is 18.9 Å². The van der Waals surface area contributed by atoms with Crippen LogP contribution in [0.25, 0.3) is 27.8 Å². The average Bonchev–Trinajstić information content (AvgIpc) is 3.47. The van der Waals surface area contributed by atoms with Crippen molar-refractivity contribution in [2.45, 2.75) is 40.5 Å². The Labute approximate surface area is 319 Å². The first-order valence-electron chi connectivity index (χ1n) is 18.4. The molecule has 0 atom stereocenters. The first kappa shape index (κ1) is 35.2. The number of ether oxygens (including phenoxy) is 4. The Bertz CT molecular complexity index is 2400. The fraction of sp³-hybridized carbons (Fsp3) is 0.178. The lowest BCUT2D eigenvalue weighted by Gasteiger charge is -2.15. The minimum Gasteiger partial charge on any atom is -0.457 e. The molecule has 0 bridgehead atoms. The Morgan fingerprint density at radius 2 is 0.945 bits per heavy atom. The van der Waals surface area contributed by atoms with Crippen LogP contribution >= 0.6 is 0 Å². The van der Waals surface area contributed by atoms with E-state index in [4.69, 9.17) is 18.9 Å². The van der Waals surface area contributed by atoms with Crippen LogP contribution in [0, 0.1) is 11.8 Å². The van der Waals surface area contributed by atoms with Crippen LogP contribution in [0.2, 0.25) is 0 Å². The zero-order chi connectivity index (χ0) is 37.7. The molecule has 4 aromatic carbocycles. The van der Waals surface area contributed by atoms with Crippen molar-refractivity contribution in [3.05, 3.63) is 145 Å². The van der Waals surface area contributed by atoms with E-state index >= 15 is 0 Å². The summed E-state index contributed by atoms with van der Waals surface area (Å²) in [4.78, 5) is 21.9. The topological polar surface area (TPSA) is 106 Å². The molecule has 4 aromatic heterocycles. The highest BCUT2D eigenvalue weighted by Gasteiger charge is 2.22. The number of nitrogens with zero attached hydrogens (tertiary/aromatic N) is 6. The summed E-state index contributed by atoms with van der Waals surface area (Å²) in [5, 5.41) is 2.13. The molecule has 0 N–H and O–H groups in total. The van der Waals surface area contributed by atoms with Crippen molar-refractivity contribution in [3.8, 4) is 52.2 Å². The van der Waals surface area contributed by atoms with Gasteiger partial charge in [0.05, 0.1) is 11.0 Å². The average molecular weight is 729 g/mol. The third kappa shape index (κ3) is 8.08. The van der Waals surface area contributed by atoms with Crippen molar-refractivity contribution in [1.29, 1.82) is 0 Å². The van der Waals surface area contributed by atoms with Crippen LogP contribution in [-0.2, 0) is 12.8 Å². The molecule has 10 nitrogen and oxygen atoms in total. The first-order chi connectivity index (χ1) is 26.9. The van der Waals surface area contributed by atoms with Crippen molar-refractivity contribution in [2.24, 2.45) is 11.8 Å². The molecule has 0 aliphatic carbocycles. The van der Waals surface area contributed by atoms with Crippen LogP contribution in [0.4, 0.5) is 0 Å². The zero-order valence-corrected chi connectivity index (χ0v) is 31.1. The predicted molar refractivity (Wildman–Crippen MR) is 213 cm³/mol. The summed E-state index contributed by atoms with van der Waals surface area (Å²) >= 11 is 0. The molecule has 274 valence electrons. The van der Waals surface area contributed by atoms with E-state index in [1.165, 1.54) is 12.7 Å². The first-order valence-corrected chi connectivity index (χ1v) is 18.4. The van der Waals surface area contributed by atoms with Crippen LogP contribution in [0.3, 0.4) is 0 Å². The van der Waals surface area contributed by atoms with Crippen LogP contribution in [0.15, 0.2) is 134 Å². The second-order valence-corrected chi connectivity index (χ2v) is 14.1. The van der Waals surface area contributed by atoms with Gasteiger partial charge >= 0.3 is 0 Å². The highest BCUT2D eigenvalue weighted by atomic mass is 16.5. The summed E-state index contributed by atoms with van der Waals surface area (Å²) < 4.78 is 27.5. The SMILES string of the molecule is CC(C)Cc1cc2c3cc(CC(C)C)c(Oc4cccc(Oc5ccccn5)c4)cc3n(-c3ncncn3)c2cc1Oc1cccc(Oc2ccccn2)c1. The Hall–Kier alpha value is -6.81. The van der Waals surface area contributed by atoms with Gasteiger partial charge in [-0.3, -0.25) is 4.57 Å². The van der Waals surface area contributed by atoms with Crippen LogP contribution in [-0.4, -0.2) is 29.5 Å². The highest BCUT2D eigenvalue weighted by Crippen LogP contribution is 2.42. The highest BCUT2D eigenvalue weighted by molar-refractivity contribution is 6.10. The molecule has 0 unspecified atom stereocenters. The molecular weight excluding hydrogens is 689 g/mol. The Morgan fingerprint density at radius 3 is 1.36 bits per heavy atom. The number of aromatic nitrogens is 6. The Balaban J connectivity index is 1.26. The molecule has 0 fully saturated rings. The minimum atomic E-state index is 0.379. The molecule has 8 aromatic rings. The summed E-state index contributed by atoms with van der Waals surface area (Å²) in [6.07, 6.45) is 8.04. The van der Waals surface area contributed by atoms with Crippen molar-refractivity contribution in [2.75, 3.05) is 0 Å². The van der Waals surface area contributed by atoms with Crippen LogP contribution in [0.5, 0.6) is 46.3 Å². The summed E-state index contributed by atoms with van der Waals surface area (Å²) in [6, 6.07) is 35.0. The monoisotopic (exact) mass is 728 g/mol. The normalized spacial score (nSPS) is 11.4. The van der Waals surface area contributed by atoms with Crippen LogP contribution < -0.4 is 18.9 Å². The molecule has 0 aliphatic rings. The number of benzene rings is 4. The summed E-state index contributed by atoms with van der Waals surface area (Å²) in [5.74, 6) is 6.26. The fourth-order valence-electron chi connectivity index (χ4n) is 6.62. The van der Waals surface area contributed by atoms with Crippen molar-refractivity contribution >= 4 is 21.8 Å². The lowest BCUT2D eigenvalue weighted by Crippen LogP contribution is -2.03. The lowest BCUT2D eigenvalue weighted by atomic mass is 9.97. The van der Waals surface area contributed by atoms with Gasteiger partial charge in [0, 0.05) is 59.6 Å². The fourth-order valence-corrected chi connectivity index (χ4v) is 6.62. The summed E-state index contributed by atoms with van der Waals surface area (Å²) in [6.45, 7) is 8.85. The third-order valence-corrected chi connectivity index (χ3v) is 8.85. The molecule has 55 heavy (non-hydrogen) atoms. The molecule has 0 radical (unpaired) electrons. The van der Waals surface area contributed by atoms with E-state index in [1.807, 2.05) is 89.5 Å². The number of pyridine rings is 2. The molecule has 0 aliphatic heterocycles. The van der Waals surface area contributed by atoms with Gasteiger partial charge in [-0.1, -0.05) is 52.0 Å². The molecule has 0 spiro atoms. The molecule has 10 heteroatoms. The molecule has 8 rings (SSSR count). The van der Waals surface area contributed by atoms with Gasteiger partial charge in [-0.15, -0.1) is 0 Å². The second kappa shape index (κ2) is 15.7. The van der Waals surface area contributed by atoms with Gasteiger partial charge in [-0.25, -0.2) is 24.9 Å². The lowest BCUT2D eigenvalue weighted by molar-refractivity contribution is 0.445. The number of rotatable bonds is 13. The van der Waals surface area contributed by atoms with Crippen molar-refractivity contribution in [1.82, 2.24) is 29.5 Å². The van der Waals surface area contributed by atoms with E-state index in [0.717, 1.165) is 57.3 Å². The maximum atomic E-state index is 6.71. The van der Waals surface area contributed by atoms with Gasteiger partial charge in [0.25, 0.3) is 0 Å². The molecular formula is C45H40N6O4. The summed E-state index contributed by atoms with van der Waals surface area (Å²) in [5.41, 5.74) is 3.96. The quantitative estimate of drug-likeness (QED) is 0.115. The van der Waals surface area contributed by atoms with E-state index in [0.29, 0.717) is 52.5 Å². The molecule has 4 heterocycles. The number of hydrogen-bond acceptors (Lipinski definition) is 9. The van der Waals surface area contributed by atoms with Crippen LogP contribution in [0.1, 0.15) is 38.8 Å². The van der Waals surface area contributed by atoms with Crippen molar-refractivity contribution < 1.29 is 18.9 Å².